The fourth-order valence-electron chi connectivity index (χ4n) is 2.02. The van der Waals surface area contributed by atoms with Gasteiger partial charge in [0.2, 0.25) is 0 Å². The minimum absolute atomic E-state index is 0.454. The first-order valence-electron chi connectivity index (χ1n) is 6.54. The number of hydrogen-bond acceptors (Lipinski definition) is 3. The van der Waals surface area contributed by atoms with E-state index < -0.39 is 0 Å². The highest BCUT2D eigenvalue weighted by molar-refractivity contribution is 6.30. The van der Waals surface area contributed by atoms with E-state index in [1.54, 1.807) is 11.0 Å². The molecule has 4 nitrogen and oxygen atoms in total. The zero-order chi connectivity index (χ0) is 14.7. The maximum Gasteiger partial charge on any atom is 0.181 e. The first-order chi connectivity index (χ1) is 10.2. The summed E-state index contributed by atoms with van der Waals surface area (Å²) >= 11 is 5.86. The molecule has 106 valence electrons. The number of aryl methyl sites for hydroxylation is 1. The van der Waals surface area contributed by atoms with Gasteiger partial charge in [0.05, 0.1) is 0 Å². The Kier molecular flexibility index (Phi) is 3.88. The highest BCUT2D eigenvalue weighted by Crippen LogP contribution is 2.22. The summed E-state index contributed by atoms with van der Waals surface area (Å²) in [5.74, 6) is 1.48. The topological polar surface area (TPSA) is 39.9 Å². The SMILES string of the molecule is Cn1cnc(-c2ccccc2COc2ccc(Cl)cc2)n1. The van der Waals surface area contributed by atoms with E-state index in [0.29, 0.717) is 17.5 Å². The largest absolute Gasteiger partial charge is 0.489 e. The maximum absolute atomic E-state index is 5.86. The average Bonchev–Trinajstić information content (AvgIpc) is 2.93. The molecule has 0 amide bonds. The lowest BCUT2D eigenvalue weighted by Crippen LogP contribution is -1.99. The predicted molar refractivity (Wildman–Crippen MR) is 82.2 cm³/mol. The number of hydrogen-bond donors (Lipinski definition) is 0. The summed E-state index contributed by atoms with van der Waals surface area (Å²) in [6, 6.07) is 15.3. The first kappa shape index (κ1) is 13.6. The highest BCUT2D eigenvalue weighted by atomic mass is 35.5. The van der Waals surface area contributed by atoms with Gasteiger partial charge >= 0.3 is 0 Å². The van der Waals surface area contributed by atoms with E-state index in [1.807, 2.05) is 55.6 Å². The molecular formula is C16H14ClN3O. The minimum Gasteiger partial charge on any atom is -0.489 e. The van der Waals surface area contributed by atoms with Crippen molar-refractivity contribution in [1.29, 1.82) is 0 Å². The van der Waals surface area contributed by atoms with Gasteiger partial charge in [0.15, 0.2) is 5.82 Å². The van der Waals surface area contributed by atoms with E-state index >= 15 is 0 Å². The lowest BCUT2D eigenvalue weighted by molar-refractivity contribution is 0.306. The average molecular weight is 300 g/mol. The third-order valence-corrected chi connectivity index (χ3v) is 3.32. The van der Waals surface area contributed by atoms with Crippen molar-refractivity contribution >= 4 is 11.6 Å². The Morgan fingerprint density at radius 2 is 1.86 bits per heavy atom. The molecule has 3 aromatic rings. The van der Waals surface area contributed by atoms with Gasteiger partial charge in [-0.3, -0.25) is 4.68 Å². The van der Waals surface area contributed by atoms with Gasteiger partial charge in [-0.25, -0.2) is 4.98 Å². The molecule has 0 N–H and O–H groups in total. The van der Waals surface area contributed by atoms with Gasteiger partial charge in [0.25, 0.3) is 0 Å². The zero-order valence-electron chi connectivity index (χ0n) is 11.5. The smallest absolute Gasteiger partial charge is 0.181 e. The van der Waals surface area contributed by atoms with Crippen LogP contribution in [-0.4, -0.2) is 14.8 Å². The van der Waals surface area contributed by atoms with E-state index in [0.717, 1.165) is 16.9 Å². The molecule has 0 atom stereocenters. The zero-order valence-corrected chi connectivity index (χ0v) is 12.3. The summed E-state index contributed by atoms with van der Waals surface area (Å²) in [5.41, 5.74) is 2.02. The van der Waals surface area contributed by atoms with Crippen LogP contribution in [0.4, 0.5) is 0 Å². The van der Waals surface area contributed by atoms with Gasteiger partial charge in [-0.2, -0.15) is 5.10 Å². The molecule has 0 bridgehead atoms. The van der Waals surface area contributed by atoms with Crippen molar-refractivity contribution in [3.8, 4) is 17.1 Å². The number of halogens is 1. The molecule has 0 saturated carbocycles. The number of nitrogens with zero attached hydrogens (tertiary/aromatic N) is 3. The normalized spacial score (nSPS) is 10.6. The molecule has 0 saturated heterocycles. The molecule has 1 aromatic heterocycles. The van der Waals surface area contributed by atoms with Crippen LogP contribution in [0.15, 0.2) is 54.9 Å². The van der Waals surface area contributed by atoms with Gasteiger partial charge in [-0.15, -0.1) is 0 Å². The Labute approximate surface area is 128 Å². The number of rotatable bonds is 4. The van der Waals surface area contributed by atoms with Gasteiger partial charge in [-0.1, -0.05) is 35.9 Å². The minimum atomic E-state index is 0.454. The maximum atomic E-state index is 5.86. The fraction of sp³-hybridized carbons (Fsp3) is 0.125. The Morgan fingerprint density at radius 1 is 1.10 bits per heavy atom. The lowest BCUT2D eigenvalue weighted by Gasteiger charge is -2.09. The molecule has 0 aliphatic rings. The molecule has 5 heteroatoms. The first-order valence-corrected chi connectivity index (χ1v) is 6.92. The van der Waals surface area contributed by atoms with Crippen LogP contribution in [0.5, 0.6) is 5.75 Å². The van der Waals surface area contributed by atoms with Crippen molar-refractivity contribution in [1.82, 2.24) is 14.8 Å². The van der Waals surface area contributed by atoms with Crippen LogP contribution in [0.25, 0.3) is 11.4 Å². The van der Waals surface area contributed by atoms with E-state index in [1.165, 1.54) is 0 Å². The summed E-state index contributed by atoms with van der Waals surface area (Å²) in [5, 5.41) is 5.04. The molecule has 1 heterocycles. The Hall–Kier alpha value is -2.33. The molecule has 0 aliphatic heterocycles. The molecule has 0 unspecified atom stereocenters. The van der Waals surface area contributed by atoms with Gasteiger partial charge < -0.3 is 4.74 Å². The summed E-state index contributed by atoms with van der Waals surface area (Å²) in [6.45, 7) is 0.454. The molecule has 3 rings (SSSR count). The predicted octanol–water partition coefficient (Wildman–Crippen LogP) is 3.71. The van der Waals surface area contributed by atoms with Crippen LogP contribution in [0, 0.1) is 0 Å². The second-order valence-electron chi connectivity index (χ2n) is 4.64. The molecule has 0 radical (unpaired) electrons. The third-order valence-electron chi connectivity index (χ3n) is 3.07. The highest BCUT2D eigenvalue weighted by Gasteiger charge is 2.09. The summed E-state index contributed by atoms with van der Waals surface area (Å²) in [4.78, 5) is 4.29. The van der Waals surface area contributed by atoms with Crippen LogP contribution in [0.3, 0.4) is 0 Å². The number of ether oxygens (including phenoxy) is 1. The lowest BCUT2D eigenvalue weighted by atomic mass is 10.1. The molecule has 2 aromatic carbocycles. The summed E-state index contributed by atoms with van der Waals surface area (Å²) < 4.78 is 7.48. The second kappa shape index (κ2) is 5.97. The fourth-order valence-corrected chi connectivity index (χ4v) is 2.14. The van der Waals surface area contributed by atoms with E-state index in [-0.39, 0.29) is 0 Å². The van der Waals surface area contributed by atoms with Crippen LogP contribution >= 0.6 is 11.6 Å². The Bertz CT molecular complexity index is 737. The van der Waals surface area contributed by atoms with Crippen LogP contribution < -0.4 is 4.74 Å². The van der Waals surface area contributed by atoms with E-state index in [9.17, 15) is 0 Å². The Balaban J connectivity index is 1.81. The van der Waals surface area contributed by atoms with E-state index in [2.05, 4.69) is 10.1 Å². The second-order valence-corrected chi connectivity index (χ2v) is 5.08. The molecular weight excluding hydrogens is 286 g/mol. The quantitative estimate of drug-likeness (QED) is 0.737. The monoisotopic (exact) mass is 299 g/mol. The summed E-state index contributed by atoms with van der Waals surface area (Å²) in [6.07, 6.45) is 1.69. The van der Waals surface area contributed by atoms with Crippen molar-refractivity contribution < 1.29 is 4.74 Å². The van der Waals surface area contributed by atoms with Crippen LogP contribution in [0.2, 0.25) is 5.02 Å². The molecule has 0 aliphatic carbocycles. The van der Waals surface area contributed by atoms with Crippen LogP contribution in [-0.2, 0) is 13.7 Å². The van der Waals surface area contributed by atoms with Crippen molar-refractivity contribution in [3.05, 3.63) is 65.4 Å². The van der Waals surface area contributed by atoms with E-state index in [4.69, 9.17) is 16.3 Å². The van der Waals surface area contributed by atoms with Crippen molar-refractivity contribution in [2.75, 3.05) is 0 Å². The molecule has 0 fully saturated rings. The van der Waals surface area contributed by atoms with Gasteiger partial charge in [-0.05, 0) is 24.3 Å². The standard InChI is InChI=1S/C16H14ClN3O/c1-20-11-18-16(19-20)15-5-3-2-4-12(15)10-21-14-8-6-13(17)7-9-14/h2-9,11H,10H2,1H3. The molecule has 0 spiro atoms. The third kappa shape index (κ3) is 3.23. The Morgan fingerprint density at radius 3 is 2.57 bits per heavy atom. The van der Waals surface area contributed by atoms with Crippen LogP contribution in [0.1, 0.15) is 5.56 Å². The van der Waals surface area contributed by atoms with Crippen molar-refractivity contribution in [3.63, 3.8) is 0 Å². The van der Waals surface area contributed by atoms with Crippen molar-refractivity contribution in [2.45, 2.75) is 6.61 Å². The van der Waals surface area contributed by atoms with Gasteiger partial charge in [0.1, 0.15) is 18.7 Å². The number of aromatic nitrogens is 3. The number of benzene rings is 2. The molecule has 21 heavy (non-hydrogen) atoms. The van der Waals surface area contributed by atoms with Crippen molar-refractivity contribution in [2.24, 2.45) is 7.05 Å². The summed E-state index contributed by atoms with van der Waals surface area (Å²) in [7, 11) is 1.85. The van der Waals surface area contributed by atoms with Gasteiger partial charge in [0, 0.05) is 23.2 Å².